The second kappa shape index (κ2) is 10.5. The lowest BCUT2D eigenvalue weighted by molar-refractivity contribution is -0.156. The van der Waals surface area contributed by atoms with Crippen molar-refractivity contribution in [2.24, 2.45) is 0 Å². The first-order valence-corrected chi connectivity index (χ1v) is 12.2. The van der Waals surface area contributed by atoms with Crippen LogP contribution in [-0.4, -0.2) is 56.0 Å². The Bertz CT molecular complexity index is 1240. The molecule has 2 heterocycles. The van der Waals surface area contributed by atoms with Gasteiger partial charge < -0.3 is 20.0 Å². The van der Waals surface area contributed by atoms with Crippen molar-refractivity contribution in [3.63, 3.8) is 0 Å². The summed E-state index contributed by atoms with van der Waals surface area (Å²) in [4.78, 5) is 69.8. The number of likely N-dealkylation sites (tertiary alicyclic amines) is 1. The third kappa shape index (κ3) is 5.49. The molecule has 10 nitrogen and oxygen atoms in total. The molecule has 1 fully saturated rings. The minimum Gasteiger partial charge on any atom is -0.346 e. The molecule has 3 N–H and O–H groups in total. The summed E-state index contributed by atoms with van der Waals surface area (Å²) in [6, 6.07) is 6.81. The Hall–Kier alpha value is -3.38. The molecular formula is C23H21F3N3O7P. The van der Waals surface area contributed by atoms with Crippen LogP contribution in [0, 0.1) is 5.82 Å². The molecule has 2 aliphatic heterocycles. The molecule has 196 valence electrons. The van der Waals surface area contributed by atoms with Gasteiger partial charge in [0.05, 0.1) is 0 Å². The number of rotatable bonds is 8. The van der Waals surface area contributed by atoms with Crippen LogP contribution in [0.25, 0.3) is 0 Å². The molecule has 37 heavy (non-hydrogen) atoms. The number of piperidine rings is 1. The van der Waals surface area contributed by atoms with Crippen molar-refractivity contribution in [3.05, 3.63) is 70.5 Å². The van der Waals surface area contributed by atoms with E-state index < -0.39 is 62.3 Å². The van der Waals surface area contributed by atoms with Crippen molar-refractivity contribution < 1.29 is 46.7 Å². The van der Waals surface area contributed by atoms with E-state index in [1.54, 1.807) is 6.07 Å². The maximum absolute atomic E-state index is 14.4. The molecular weight excluding hydrogens is 518 g/mol. The number of hydrogen-bond acceptors (Lipinski definition) is 7. The van der Waals surface area contributed by atoms with Gasteiger partial charge in [-0.1, -0.05) is 12.1 Å². The van der Waals surface area contributed by atoms with Crippen LogP contribution in [0.4, 0.5) is 13.2 Å². The molecule has 2 aromatic rings. The number of benzene rings is 2. The molecule has 1 atom stereocenters. The van der Waals surface area contributed by atoms with Gasteiger partial charge in [0.25, 0.3) is 17.7 Å². The third-order valence-corrected chi connectivity index (χ3v) is 6.46. The van der Waals surface area contributed by atoms with Crippen LogP contribution in [0.3, 0.4) is 0 Å². The third-order valence-electron chi connectivity index (χ3n) is 6.11. The SMILES string of the molecule is O=C1CCC(N2Cc3cc(CNC(=O)C(F)(F)c4ccc(F)cc4)ccc3C2=O)C(=O)N1COP(O)O. The van der Waals surface area contributed by atoms with Crippen molar-refractivity contribution in [2.75, 3.05) is 6.73 Å². The summed E-state index contributed by atoms with van der Waals surface area (Å²) in [5, 5.41) is 2.14. The van der Waals surface area contributed by atoms with Gasteiger partial charge in [-0.3, -0.25) is 28.6 Å². The average molecular weight is 539 g/mol. The van der Waals surface area contributed by atoms with Crippen LogP contribution in [-0.2, 0) is 37.9 Å². The predicted octanol–water partition coefficient (Wildman–Crippen LogP) is 1.89. The van der Waals surface area contributed by atoms with Crippen molar-refractivity contribution in [3.8, 4) is 0 Å². The van der Waals surface area contributed by atoms with E-state index in [0.717, 1.165) is 24.3 Å². The first-order valence-electron chi connectivity index (χ1n) is 11.0. The molecule has 0 saturated carbocycles. The van der Waals surface area contributed by atoms with Crippen LogP contribution in [0.15, 0.2) is 42.5 Å². The number of fused-ring (bicyclic) bond motifs is 1. The van der Waals surface area contributed by atoms with E-state index in [-0.39, 0.29) is 31.5 Å². The van der Waals surface area contributed by atoms with Crippen LogP contribution >= 0.6 is 8.60 Å². The van der Waals surface area contributed by atoms with Gasteiger partial charge in [0.15, 0.2) is 0 Å². The highest BCUT2D eigenvalue weighted by Gasteiger charge is 2.43. The summed E-state index contributed by atoms with van der Waals surface area (Å²) >= 11 is 0. The lowest BCUT2D eigenvalue weighted by Gasteiger charge is -2.35. The Morgan fingerprint density at radius 3 is 2.51 bits per heavy atom. The number of alkyl halides is 2. The molecule has 2 aliphatic rings. The Labute approximate surface area is 209 Å². The number of nitrogens with zero attached hydrogens (tertiary/aromatic N) is 2. The van der Waals surface area contributed by atoms with Gasteiger partial charge in [-0.25, -0.2) is 4.39 Å². The number of carbonyl (C=O) groups is 4. The average Bonchev–Trinajstić information content (AvgIpc) is 3.17. The molecule has 1 saturated heterocycles. The highest BCUT2D eigenvalue weighted by Crippen LogP contribution is 2.32. The summed E-state index contributed by atoms with van der Waals surface area (Å²) < 4.78 is 46.5. The first kappa shape index (κ1) is 26.7. The Morgan fingerprint density at radius 2 is 1.84 bits per heavy atom. The zero-order valence-corrected chi connectivity index (χ0v) is 20.0. The number of amides is 4. The maximum Gasteiger partial charge on any atom is 0.349 e. The van der Waals surface area contributed by atoms with E-state index in [9.17, 15) is 32.3 Å². The highest BCUT2D eigenvalue weighted by atomic mass is 31.2. The van der Waals surface area contributed by atoms with Crippen molar-refractivity contribution >= 4 is 32.2 Å². The van der Waals surface area contributed by atoms with Crippen LogP contribution in [0.2, 0.25) is 0 Å². The number of hydrogen-bond donors (Lipinski definition) is 3. The monoisotopic (exact) mass is 539 g/mol. The zero-order valence-electron chi connectivity index (χ0n) is 19.1. The fourth-order valence-corrected chi connectivity index (χ4v) is 4.42. The molecule has 0 aliphatic carbocycles. The van der Waals surface area contributed by atoms with Gasteiger partial charge in [0.1, 0.15) is 18.6 Å². The quantitative estimate of drug-likeness (QED) is 0.344. The second-order valence-electron chi connectivity index (χ2n) is 8.41. The van der Waals surface area contributed by atoms with Crippen molar-refractivity contribution in [2.45, 2.75) is 37.9 Å². The number of nitrogens with one attached hydrogen (secondary N) is 1. The molecule has 0 spiro atoms. The Balaban J connectivity index is 1.42. The van der Waals surface area contributed by atoms with Gasteiger partial charge in [-0.05, 0) is 47.9 Å². The molecule has 4 amide bonds. The van der Waals surface area contributed by atoms with E-state index in [1.807, 2.05) is 0 Å². The smallest absolute Gasteiger partial charge is 0.346 e. The molecule has 0 aromatic heterocycles. The maximum atomic E-state index is 14.4. The van der Waals surface area contributed by atoms with Crippen LogP contribution < -0.4 is 5.32 Å². The lowest BCUT2D eigenvalue weighted by atomic mass is 10.0. The largest absolute Gasteiger partial charge is 0.349 e. The van der Waals surface area contributed by atoms with Gasteiger partial charge in [-0.15, -0.1) is 0 Å². The number of halogens is 3. The first-order chi connectivity index (χ1) is 17.5. The summed E-state index contributed by atoms with van der Waals surface area (Å²) in [7, 11) is -2.79. The van der Waals surface area contributed by atoms with E-state index in [0.29, 0.717) is 16.0 Å². The fraction of sp³-hybridized carbons (Fsp3) is 0.304. The van der Waals surface area contributed by atoms with Crippen LogP contribution in [0.1, 0.15) is 39.9 Å². The molecule has 0 bridgehead atoms. The van der Waals surface area contributed by atoms with E-state index in [1.165, 1.54) is 17.0 Å². The van der Waals surface area contributed by atoms with Crippen molar-refractivity contribution in [1.29, 1.82) is 0 Å². The van der Waals surface area contributed by atoms with Gasteiger partial charge in [0, 0.05) is 30.6 Å². The minimum atomic E-state index is -3.89. The molecule has 4 rings (SSSR count). The summed E-state index contributed by atoms with van der Waals surface area (Å²) in [6.45, 7) is -0.924. The molecule has 2 aromatic carbocycles. The summed E-state index contributed by atoms with van der Waals surface area (Å²) in [6.07, 6.45) is 0.0104. The number of imide groups is 1. The standard InChI is InChI=1S/C23H21F3N3O7P/c24-16-4-2-15(3-5-16)23(25,26)22(33)27-10-13-1-6-17-14(9-13)11-28(20(17)31)18-7-8-19(30)29(21(18)32)12-36-37(34)35/h1-6,9,18,34-35H,7-8,10-12H2,(H,27,33). The van der Waals surface area contributed by atoms with Crippen molar-refractivity contribution in [1.82, 2.24) is 15.1 Å². The van der Waals surface area contributed by atoms with Gasteiger partial charge >= 0.3 is 14.5 Å². The molecule has 14 heteroatoms. The van der Waals surface area contributed by atoms with Gasteiger partial charge in [0.2, 0.25) is 5.91 Å². The summed E-state index contributed by atoms with van der Waals surface area (Å²) in [5.41, 5.74) is 0.555. The Kier molecular flexibility index (Phi) is 7.60. The van der Waals surface area contributed by atoms with E-state index in [2.05, 4.69) is 9.84 Å². The van der Waals surface area contributed by atoms with E-state index in [4.69, 9.17) is 9.79 Å². The Morgan fingerprint density at radius 1 is 1.14 bits per heavy atom. The van der Waals surface area contributed by atoms with Crippen LogP contribution in [0.5, 0.6) is 0 Å². The van der Waals surface area contributed by atoms with E-state index >= 15 is 0 Å². The minimum absolute atomic E-state index is 0.00763. The lowest BCUT2D eigenvalue weighted by Crippen LogP contribution is -2.54. The highest BCUT2D eigenvalue weighted by molar-refractivity contribution is 7.39. The summed E-state index contributed by atoms with van der Waals surface area (Å²) in [5.74, 6) is -7.93. The number of carbonyl (C=O) groups excluding carboxylic acids is 4. The molecule has 0 radical (unpaired) electrons. The predicted molar refractivity (Wildman–Crippen MR) is 121 cm³/mol. The second-order valence-corrected chi connectivity index (χ2v) is 9.18. The molecule has 1 unspecified atom stereocenters. The topological polar surface area (TPSA) is 136 Å². The normalized spacial score (nSPS) is 18.0. The van der Waals surface area contributed by atoms with Gasteiger partial charge in [-0.2, -0.15) is 8.78 Å². The fourth-order valence-electron chi connectivity index (χ4n) is 4.20. The zero-order chi connectivity index (χ0) is 26.9.